The zero-order valence-corrected chi connectivity index (χ0v) is 11.6. The van der Waals surface area contributed by atoms with Crippen LogP contribution in [0.4, 0.5) is 5.69 Å². The maximum atomic E-state index is 5.77. The van der Waals surface area contributed by atoms with E-state index >= 15 is 0 Å². The summed E-state index contributed by atoms with van der Waals surface area (Å²) in [6, 6.07) is 6.70. The molecule has 0 bridgehead atoms. The molecule has 18 heavy (non-hydrogen) atoms. The maximum Gasteiger partial charge on any atom is 0.0726 e. The SMILES string of the molecule is Cc1cc(N2CC(C)OC(C)C2)ccc1CCN. The molecule has 2 atom stereocenters. The highest BCUT2D eigenvalue weighted by Gasteiger charge is 2.22. The van der Waals surface area contributed by atoms with E-state index in [1.807, 2.05) is 0 Å². The summed E-state index contributed by atoms with van der Waals surface area (Å²) < 4.78 is 5.77. The average molecular weight is 248 g/mol. The molecule has 2 N–H and O–H groups in total. The molecule has 0 aliphatic carbocycles. The zero-order valence-electron chi connectivity index (χ0n) is 11.6. The number of hydrogen-bond donors (Lipinski definition) is 1. The lowest BCUT2D eigenvalue weighted by molar-refractivity contribution is -0.00522. The van der Waals surface area contributed by atoms with Gasteiger partial charge in [0.2, 0.25) is 0 Å². The Labute approximate surface area is 110 Å². The van der Waals surface area contributed by atoms with Crippen LogP contribution in [0.15, 0.2) is 18.2 Å². The van der Waals surface area contributed by atoms with Crippen molar-refractivity contribution in [2.45, 2.75) is 39.4 Å². The number of nitrogens with two attached hydrogens (primary N) is 1. The molecule has 1 aromatic rings. The van der Waals surface area contributed by atoms with Crippen molar-refractivity contribution in [3.05, 3.63) is 29.3 Å². The van der Waals surface area contributed by atoms with Gasteiger partial charge in [0.15, 0.2) is 0 Å². The van der Waals surface area contributed by atoms with Crippen molar-refractivity contribution in [2.24, 2.45) is 5.73 Å². The topological polar surface area (TPSA) is 38.5 Å². The molecule has 0 radical (unpaired) electrons. The first-order chi connectivity index (χ1) is 8.60. The van der Waals surface area contributed by atoms with E-state index in [-0.39, 0.29) is 0 Å². The fraction of sp³-hybridized carbons (Fsp3) is 0.600. The minimum absolute atomic E-state index is 0.303. The van der Waals surface area contributed by atoms with E-state index in [4.69, 9.17) is 10.5 Å². The van der Waals surface area contributed by atoms with Crippen LogP contribution in [0, 0.1) is 6.92 Å². The zero-order chi connectivity index (χ0) is 13.1. The Kier molecular flexibility index (Phi) is 4.25. The number of ether oxygens (including phenoxy) is 1. The van der Waals surface area contributed by atoms with Gasteiger partial charge in [-0.25, -0.2) is 0 Å². The number of nitrogens with zero attached hydrogens (tertiary/aromatic N) is 1. The molecule has 1 heterocycles. The van der Waals surface area contributed by atoms with E-state index in [1.165, 1.54) is 16.8 Å². The lowest BCUT2D eigenvalue weighted by atomic mass is 10.0. The molecule has 0 spiro atoms. The van der Waals surface area contributed by atoms with Crippen LogP contribution in [0.5, 0.6) is 0 Å². The second-order valence-corrected chi connectivity index (χ2v) is 5.31. The molecule has 1 aliphatic heterocycles. The molecule has 0 aromatic heterocycles. The number of morpholine rings is 1. The summed E-state index contributed by atoms with van der Waals surface area (Å²) in [6.07, 6.45) is 1.57. The van der Waals surface area contributed by atoms with Crippen molar-refractivity contribution in [2.75, 3.05) is 24.5 Å². The molecule has 3 nitrogen and oxygen atoms in total. The van der Waals surface area contributed by atoms with Crippen LogP contribution in [0.3, 0.4) is 0 Å². The van der Waals surface area contributed by atoms with Gasteiger partial charge in [-0.2, -0.15) is 0 Å². The van der Waals surface area contributed by atoms with Gasteiger partial charge in [0.05, 0.1) is 12.2 Å². The quantitative estimate of drug-likeness (QED) is 0.890. The first-order valence-electron chi connectivity index (χ1n) is 6.80. The molecule has 1 saturated heterocycles. The van der Waals surface area contributed by atoms with Gasteiger partial charge in [-0.05, 0) is 57.0 Å². The monoisotopic (exact) mass is 248 g/mol. The molecule has 1 aromatic carbocycles. The second-order valence-electron chi connectivity index (χ2n) is 5.31. The fourth-order valence-electron chi connectivity index (χ4n) is 2.70. The van der Waals surface area contributed by atoms with Gasteiger partial charge in [-0.1, -0.05) is 6.07 Å². The Morgan fingerprint density at radius 1 is 1.28 bits per heavy atom. The van der Waals surface area contributed by atoms with Gasteiger partial charge in [-0.3, -0.25) is 0 Å². The predicted octanol–water partition coefficient (Wildman–Crippen LogP) is 2.11. The highest BCUT2D eigenvalue weighted by atomic mass is 16.5. The molecule has 0 saturated carbocycles. The summed E-state index contributed by atoms with van der Waals surface area (Å²) in [6.45, 7) is 9.10. The Morgan fingerprint density at radius 2 is 1.94 bits per heavy atom. The highest BCUT2D eigenvalue weighted by molar-refractivity contribution is 5.51. The van der Waals surface area contributed by atoms with Gasteiger partial charge in [-0.15, -0.1) is 0 Å². The number of anilines is 1. The van der Waals surface area contributed by atoms with Crippen LogP contribution in [0.25, 0.3) is 0 Å². The van der Waals surface area contributed by atoms with Crippen LogP contribution in [0.1, 0.15) is 25.0 Å². The van der Waals surface area contributed by atoms with Crippen molar-refractivity contribution in [1.29, 1.82) is 0 Å². The van der Waals surface area contributed by atoms with Crippen molar-refractivity contribution < 1.29 is 4.74 Å². The summed E-state index contributed by atoms with van der Waals surface area (Å²) in [7, 11) is 0. The molecular weight excluding hydrogens is 224 g/mol. The fourth-order valence-corrected chi connectivity index (χ4v) is 2.70. The molecule has 2 rings (SSSR count). The standard InChI is InChI=1S/C15H24N2O/c1-11-8-15(5-4-14(11)6-7-16)17-9-12(2)18-13(3)10-17/h4-5,8,12-13H,6-7,9-10,16H2,1-3H3. The summed E-state index contributed by atoms with van der Waals surface area (Å²) in [5.41, 5.74) is 9.62. The summed E-state index contributed by atoms with van der Waals surface area (Å²) in [5, 5.41) is 0. The lowest BCUT2D eigenvalue weighted by Gasteiger charge is -2.37. The largest absolute Gasteiger partial charge is 0.372 e. The van der Waals surface area contributed by atoms with Gasteiger partial charge in [0, 0.05) is 18.8 Å². The van der Waals surface area contributed by atoms with E-state index in [9.17, 15) is 0 Å². The molecule has 1 fully saturated rings. The summed E-state index contributed by atoms with van der Waals surface area (Å²) in [5.74, 6) is 0. The molecule has 0 amide bonds. The van der Waals surface area contributed by atoms with Crippen LogP contribution in [-0.4, -0.2) is 31.8 Å². The van der Waals surface area contributed by atoms with Crippen LogP contribution in [-0.2, 0) is 11.2 Å². The maximum absolute atomic E-state index is 5.77. The minimum Gasteiger partial charge on any atom is -0.372 e. The third-order valence-electron chi connectivity index (χ3n) is 3.52. The third-order valence-corrected chi connectivity index (χ3v) is 3.52. The molecular formula is C15H24N2O. The van der Waals surface area contributed by atoms with Gasteiger partial charge in [0.1, 0.15) is 0 Å². The summed E-state index contributed by atoms with van der Waals surface area (Å²) in [4.78, 5) is 2.41. The minimum atomic E-state index is 0.303. The normalized spacial score (nSPS) is 24.3. The smallest absolute Gasteiger partial charge is 0.0726 e. The van der Waals surface area contributed by atoms with Gasteiger partial charge >= 0.3 is 0 Å². The molecule has 1 aliphatic rings. The van der Waals surface area contributed by atoms with Gasteiger partial charge in [0.25, 0.3) is 0 Å². The van der Waals surface area contributed by atoms with Crippen LogP contribution >= 0.6 is 0 Å². The van der Waals surface area contributed by atoms with Crippen molar-refractivity contribution in [3.8, 4) is 0 Å². The van der Waals surface area contributed by atoms with Crippen molar-refractivity contribution in [3.63, 3.8) is 0 Å². The second kappa shape index (κ2) is 5.72. The number of hydrogen-bond acceptors (Lipinski definition) is 3. The Morgan fingerprint density at radius 3 is 2.50 bits per heavy atom. The van der Waals surface area contributed by atoms with E-state index in [0.29, 0.717) is 18.8 Å². The van der Waals surface area contributed by atoms with Crippen molar-refractivity contribution >= 4 is 5.69 Å². The van der Waals surface area contributed by atoms with E-state index in [2.05, 4.69) is 43.9 Å². The molecule has 3 heteroatoms. The van der Waals surface area contributed by atoms with Gasteiger partial charge < -0.3 is 15.4 Å². The highest BCUT2D eigenvalue weighted by Crippen LogP contribution is 2.23. The Balaban J connectivity index is 2.15. The molecule has 100 valence electrons. The number of aryl methyl sites for hydroxylation is 1. The summed E-state index contributed by atoms with van der Waals surface area (Å²) >= 11 is 0. The number of benzene rings is 1. The van der Waals surface area contributed by atoms with Crippen molar-refractivity contribution in [1.82, 2.24) is 0 Å². The lowest BCUT2D eigenvalue weighted by Crippen LogP contribution is -2.45. The number of rotatable bonds is 3. The Bertz CT molecular complexity index is 395. The predicted molar refractivity (Wildman–Crippen MR) is 76.2 cm³/mol. The first kappa shape index (κ1) is 13.4. The Hall–Kier alpha value is -1.06. The van der Waals surface area contributed by atoms with Crippen LogP contribution < -0.4 is 10.6 Å². The third kappa shape index (κ3) is 3.03. The average Bonchev–Trinajstić information content (AvgIpc) is 2.30. The molecule has 2 unspecified atom stereocenters. The first-order valence-corrected chi connectivity index (χ1v) is 6.80. The van der Waals surface area contributed by atoms with E-state index in [0.717, 1.165) is 19.5 Å². The van der Waals surface area contributed by atoms with Crippen LogP contribution in [0.2, 0.25) is 0 Å². The van der Waals surface area contributed by atoms with E-state index in [1.54, 1.807) is 0 Å². The van der Waals surface area contributed by atoms with E-state index < -0.39 is 0 Å².